The van der Waals surface area contributed by atoms with Gasteiger partial charge in [0.25, 0.3) is 0 Å². The Labute approximate surface area is 134 Å². The predicted octanol–water partition coefficient (Wildman–Crippen LogP) is 2.81. The van der Waals surface area contributed by atoms with Crippen LogP contribution in [-0.2, 0) is 17.0 Å². The van der Waals surface area contributed by atoms with Crippen LogP contribution in [0.1, 0.15) is 21.6 Å². The van der Waals surface area contributed by atoms with Crippen molar-refractivity contribution in [3.05, 3.63) is 45.4 Å². The fourth-order valence-corrected chi connectivity index (χ4v) is 3.72. The van der Waals surface area contributed by atoms with Crippen molar-refractivity contribution in [2.24, 2.45) is 5.73 Å². The van der Waals surface area contributed by atoms with Crippen LogP contribution in [0.15, 0.2) is 27.9 Å². The molecule has 0 saturated carbocycles. The number of aliphatic carboxylic acids is 1. The van der Waals surface area contributed by atoms with E-state index < -0.39 is 11.9 Å². The third kappa shape index (κ3) is 4.45. The van der Waals surface area contributed by atoms with Gasteiger partial charge in [-0.15, -0.1) is 11.3 Å². The maximum atomic E-state index is 11.0. The number of hydrogen-bond donors (Lipinski definition) is 2. The number of thiazole rings is 1. The average molecular weight is 343 g/mol. The van der Waals surface area contributed by atoms with E-state index in [0.717, 1.165) is 9.90 Å². The molecular formula is C13H11ClN2O3S2. The number of carboxylic acid groups (broad SMARTS) is 1. The van der Waals surface area contributed by atoms with Crippen LogP contribution in [0, 0.1) is 0 Å². The van der Waals surface area contributed by atoms with Crippen LogP contribution in [0.3, 0.4) is 0 Å². The summed E-state index contributed by atoms with van der Waals surface area (Å²) in [5.41, 5.74) is 6.96. The van der Waals surface area contributed by atoms with E-state index in [1.54, 1.807) is 17.5 Å². The molecule has 2 aromatic rings. The zero-order valence-corrected chi connectivity index (χ0v) is 13.1. The minimum atomic E-state index is -0.901. The second kappa shape index (κ2) is 6.93. The number of aromatic nitrogens is 1. The van der Waals surface area contributed by atoms with Crippen molar-refractivity contribution in [1.82, 2.24) is 4.98 Å². The standard InChI is InChI=1S/C13H11ClN2O3S2/c14-10-3-7(12(15)19)1-2-8(10)5-20-13-16-9(6-21-13)4-11(17)18/h1-3,6H,4-5H2,(H2,15,19)(H,17,18). The number of carboxylic acids is 1. The van der Waals surface area contributed by atoms with E-state index in [9.17, 15) is 9.59 Å². The second-order valence-corrected chi connectivity index (χ2v) is 6.62. The zero-order valence-electron chi connectivity index (χ0n) is 10.7. The molecule has 0 fully saturated rings. The number of hydrogen-bond acceptors (Lipinski definition) is 5. The first-order valence-electron chi connectivity index (χ1n) is 5.83. The summed E-state index contributed by atoms with van der Waals surface area (Å²) in [4.78, 5) is 25.9. The first kappa shape index (κ1) is 15.8. The number of rotatable bonds is 6. The number of thioether (sulfide) groups is 1. The van der Waals surface area contributed by atoms with Gasteiger partial charge in [-0.25, -0.2) is 4.98 Å². The van der Waals surface area contributed by atoms with Gasteiger partial charge in [-0.2, -0.15) is 0 Å². The smallest absolute Gasteiger partial charge is 0.309 e. The zero-order chi connectivity index (χ0) is 15.4. The van der Waals surface area contributed by atoms with Crippen molar-refractivity contribution in [2.75, 3.05) is 0 Å². The van der Waals surface area contributed by atoms with E-state index in [-0.39, 0.29) is 6.42 Å². The molecule has 0 aliphatic heterocycles. The molecule has 0 spiro atoms. The highest BCUT2D eigenvalue weighted by Gasteiger charge is 2.09. The molecule has 8 heteroatoms. The van der Waals surface area contributed by atoms with Gasteiger partial charge < -0.3 is 10.8 Å². The summed E-state index contributed by atoms with van der Waals surface area (Å²) in [6, 6.07) is 4.92. The molecule has 5 nitrogen and oxygen atoms in total. The van der Waals surface area contributed by atoms with Gasteiger partial charge in [0.15, 0.2) is 0 Å². The number of nitrogens with two attached hydrogens (primary N) is 1. The van der Waals surface area contributed by atoms with Crippen LogP contribution in [0.2, 0.25) is 5.02 Å². The summed E-state index contributed by atoms with van der Waals surface area (Å²) in [6.07, 6.45) is -0.0782. The largest absolute Gasteiger partial charge is 0.481 e. The first-order valence-corrected chi connectivity index (χ1v) is 8.07. The van der Waals surface area contributed by atoms with Crippen molar-refractivity contribution in [2.45, 2.75) is 16.5 Å². The molecule has 0 saturated heterocycles. The molecule has 0 bridgehead atoms. The topological polar surface area (TPSA) is 93.3 Å². The van der Waals surface area contributed by atoms with Gasteiger partial charge in [-0.1, -0.05) is 29.4 Å². The number of primary amides is 1. The first-order chi connectivity index (χ1) is 9.95. The van der Waals surface area contributed by atoms with Crippen molar-refractivity contribution >= 4 is 46.6 Å². The molecular weight excluding hydrogens is 332 g/mol. The molecule has 21 heavy (non-hydrogen) atoms. The number of nitrogens with zero attached hydrogens (tertiary/aromatic N) is 1. The van der Waals surface area contributed by atoms with Crippen molar-refractivity contribution in [1.29, 1.82) is 0 Å². The maximum Gasteiger partial charge on any atom is 0.309 e. The fraction of sp³-hybridized carbons (Fsp3) is 0.154. The molecule has 1 heterocycles. The highest BCUT2D eigenvalue weighted by molar-refractivity contribution is 8.00. The van der Waals surface area contributed by atoms with Crippen molar-refractivity contribution in [3.8, 4) is 0 Å². The lowest BCUT2D eigenvalue weighted by Crippen LogP contribution is -2.10. The highest BCUT2D eigenvalue weighted by atomic mass is 35.5. The Kier molecular flexibility index (Phi) is 5.22. The summed E-state index contributed by atoms with van der Waals surface area (Å²) < 4.78 is 0.779. The van der Waals surface area contributed by atoms with Crippen molar-refractivity contribution in [3.63, 3.8) is 0 Å². The molecule has 0 atom stereocenters. The summed E-state index contributed by atoms with van der Waals surface area (Å²) in [5.74, 6) is -0.839. The number of halogens is 1. The number of amides is 1. The fourth-order valence-electron chi connectivity index (χ4n) is 1.55. The molecule has 0 aliphatic rings. The minimum absolute atomic E-state index is 0.0782. The lowest BCUT2D eigenvalue weighted by atomic mass is 10.1. The molecule has 110 valence electrons. The Morgan fingerprint density at radius 1 is 1.43 bits per heavy atom. The Balaban J connectivity index is 2.01. The SMILES string of the molecule is NC(=O)c1ccc(CSc2nc(CC(=O)O)cs2)c(Cl)c1. The van der Waals surface area contributed by atoms with E-state index in [1.807, 2.05) is 0 Å². The summed E-state index contributed by atoms with van der Waals surface area (Å²) in [7, 11) is 0. The van der Waals surface area contributed by atoms with Crippen LogP contribution in [-0.4, -0.2) is 22.0 Å². The van der Waals surface area contributed by atoms with Gasteiger partial charge in [0, 0.05) is 21.7 Å². The average Bonchev–Trinajstić information content (AvgIpc) is 2.83. The number of carbonyl (C=O) groups is 2. The van der Waals surface area contributed by atoms with Gasteiger partial charge in [0.05, 0.1) is 12.1 Å². The van der Waals surface area contributed by atoms with E-state index in [4.69, 9.17) is 22.4 Å². The van der Waals surface area contributed by atoms with E-state index in [0.29, 0.717) is 22.0 Å². The molecule has 0 unspecified atom stereocenters. The van der Waals surface area contributed by atoms with Gasteiger partial charge in [-0.05, 0) is 17.7 Å². The molecule has 2 rings (SSSR count). The minimum Gasteiger partial charge on any atom is -0.481 e. The Morgan fingerprint density at radius 3 is 2.81 bits per heavy atom. The van der Waals surface area contributed by atoms with E-state index in [2.05, 4.69) is 4.98 Å². The Bertz CT molecular complexity index is 688. The second-order valence-electron chi connectivity index (χ2n) is 4.13. The van der Waals surface area contributed by atoms with Crippen LogP contribution >= 0.6 is 34.7 Å². The molecule has 1 amide bonds. The Morgan fingerprint density at radius 2 is 2.19 bits per heavy atom. The molecule has 3 N–H and O–H groups in total. The summed E-state index contributed by atoms with van der Waals surface area (Å²) in [6.45, 7) is 0. The number of carbonyl (C=O) groups excluding carboxylic acids is 1. The molecule has 1 aromatic carbocycles. The van der Waals surface area contributed by atoms with Gasteiger partial charge in [0.2, 0.25) is 5.91 Å². The van der Waals surface area contributed by atoms with Crippen LogP contribution in [0.4, 0.5) is 0 Å². The van der Waals surface area contributed by atoms with Crippen LogP contribution in [0.25, 0.3) is 0 Å². The van der Waals surface area contributed by atoms with E-state index >= 15 is 0 Å². The van der Waals surface area contributed by atoms with E-state index in [1.165, 1.54) is 29.2 Å². The third-order valence-electron chi connectivity index (χ3n) is 2.55. The van der Waals surface area contributed by atoms with Gasteiger partial charge in [0.1, 0.15) is 4.34 Å². The summed E-state index contributed by atoms with van der Waals surface area (Å²) in [5, 5.41) is 10.9. The monoisotopic (exact) mass is 342 g/mol. The van der Waals surface area contributed by atoms with Crippen LogP contribution < -0.4 is 5.73 Å². The normalized spacial score (nSPS) is 10.5. The predicted molar refractivity (Wildman–Crippen MR) is 83.0 cm³/mol. The maximum absolute atomic E-state index is 11.0. The Hall–Kier alpha value is -1.57. The van der Waals surface area contributed by atoms with Crippen molar-refractivity contribution < 1.29 is 14.7 Å². The quantitative estimate of drug-likeness (QED) is 0.787. The molecule has 0 radical (unpaired) electrons. The van der Waals surface area contributed by atoms with Crippen LogP contribution in [0.5, 0.6) is 0 Å². The third-order valence-corrected chi connectivity index (χ3v) is 5.02. The molecule has 1 aromatic heterocycles. The highest BCUT2D eigenvalue weighted by Crippen LogP contribution is 2.29. The lowest BCUT2D eigenvalue weighted by molar-refractivity contribution is -0.136. The number of benzene rings is 1. The lowest BCUT2D eigenvalue weighted by Gasteiger charge is -2.04. The van der Waals surface area contributed by atoms with Gasteiger partial charge in [-0.3, -0.25) is 9.59 Å². The summed E-state index contributed by atoms with van der Waals surface area (Å²) >= 11 is 8.96. The van der Waals surface area contributed by atoms with Gasteiger partial charge >= 0.3 is 5.97 Å². The molecule has 0 aliphatic carbocycles.